The molecular formula is C11H15N. The molecule has 0 bridgehead atoms. The second-order valence-electron chi connectivity index (χ2n) is 3.74. The van der Waals surface area contributed by atoms with Crippen molar-refractivity contribution in [2.24, 2.45) is 0 Å². The molecule has 1 aliphatic heterocycles. The van der Waals surface area contributed by atoms with E-state index in [2.05, 4.69) is 43.4 Å². The molecule has 1 aliphatic rings. The summed E-state index contributed by atoms with van der Waals surface area (Å²) in [5, 5.41) is 3.35. The molecule has 1 nitrogen and oxygen atoms in total. The van der Waals surface area contributed by atoms with Crippen molar-refractivity contribution in [3.63, 3.8) is 0 Å². The second-order valence-corrected chi connectivity index (χ2v) is 3.74. The van der Waals surface area contributed by atoms with Crippen LogP contribution in [0.2, 0.25) is 0 Å². The Bertz CT molecular complexity index is 253. The van der Waals surface area contributed by atoms with Crippen molar-refractivity contribution >= 4 is 0 Å². The third-order valence-corrected chi connectivity index (χ3v) is 2.40. The smallest absolute Gasteiger partial charge is 0.0450 e. The van der Waals surface area contributed by atoms with Gasteiger partial charge < -0.3 is 5.32 Å². The SMILES string of the molecule is CC(C)c1ccccc1[C@H]1CN1. The van der Waals surface area contributed by atoms with Gasteiger partial charge in [0.2, 0.25) is 0 Å². The zero-order valence-corrected chi connectivity index (χ0v) is 7.67. The minimum absolute atomic E-state index is 0.642. The van der Waals surface area contributed by atoms with E-state index in [9.17, 15) is 0 Å². The summed E-state index contributed by atoms with van der Waals surface area (Å²) >= 11 is 0. The van der Waals surface area contributed by atoms with E-state index in [-0.39, 0.29) is 0 Å². The van der Waals surface area contributed by atoms with E-state index < -0.39 is 0 Å². The normalized spacial score (nSPS) is 21.4. The molecule has 64 valence electrons. The summed E-state index contributed by atoms with van der Waals surface area (Å²) in [5.74, 6) is 0.642. The van der Waals surface area contributed by atoms with Gasteiger partial charge in [0.1, 0.15) is 0 Å². The van der Waals surface area contributed by atoms with Gasteiger partial charge in [0.25, 0.3) is 0 Å². The zero-order valence-electron chi connectivity index (χ0n) is 7.67. The van der Waals surface area contributed by atoms with Gasteiger partial charge >= 0.3 is 0 Å². The lowest BCUT2D eigenvalue weighted by atomic mass is 9.95. The lowest BCUT2D eigenvalue weighted by Crippen LogP contribution is -1.95. The van der Waals surface area contributed by atoms with Gasteiger partial charge in [-0.3, -0.25) is 0 Å². The van der Waals surface area contributed by atoms with Crippen molar-refractivity contribution in [3.05, 3.63) is 35.4 Å². The molecule has 1 atom stereocenters. The Balaban J connectivity index is 2.36. The molecule has 1 aromatic carbocycles. The molecule has 1 heteroatoms. The molecule has 2 rings (SSSR count). The third-order valence-electron chi connectivity index (χ3n) is 2.40. The summed E-state index contributed by atoms with van der Waals surface area (Å²) in [7, 11) is 0. The maximum atomic E-state index is 3.35. The summed E-state index contributed by atoms with van der Waals surface area (Å²) in [6, 6.07) is 9.37. The van der Waals surface area contributed by atoms with Gasteiger partial charge in [-0.15, -0.1) is 0 Å². The molecule has 0 aromatic heterocycles. The molecule has 1 saturated heterocycles. The summed E-state index contributed by atoms with van der Waals surface area (Å²) in [5.41, 5.74) is 2.99. The second kappa shape index (κ2) is 2.91. The van der Waals surface area contributed by atoms with Gasteiger partial charge in [0.05, 0.1) is 0 Å². The first-order chi connectivity index (χ1) is 5.79. The standard InChI is InChI=1S/C11H15N/c1-8(2)9-5-3-4-6-10(9)11-7-12-11/h3-6,8,11-12H,7H2,1-2H3/t11-/m1/s1. The van der Waals surface area contributed by atoms with Crippen LogP contribution in [0.5, 0.6) is 0 Å². The molecular weight excluding hydrogens is 146 g/mol. The van der Waals surface area contributed by atoms with Crippen LogP contribution in [0.1, 0.15) is 36.9 Å². The van der Waals surface area contributed by atoms with E-state index in [1.165, 1.54) is 11.1 Å². The molecule has 12 heavy (non-hydrogen) atoms. The molecule has 1 fully saturated rings. The van der Waals surface area contributed by atoms with Crippen molar-refractivity contribution in [1.29, 1.82) is 0 Å². The van der Waals surface area contributed by atoms with Crippen molar-refractivity contribution in [2.45, 2.75) is 25.8 Å². The first kappa shape index (κ1) is 7.81. The number of benzene rings is 1. The average molecular weight is 161 g/mol. The Kier molecular flexibility index (Phi) is 1.89. The van der Waals surface area contributed by atoms with Gasteiger partial charge in [-0.05, 0) is 17.0 Å². The van der Waals surface area contributed by atoms with Gasteiger partial charge in [-0.1, -0.05) is 38.1 Å². The maximum Gasteiger partial charge on any atom is 0.0450 e. The number of rotatable bonds is 2. The predicted octanol–water partition coefficient (Wildman–Crippen LogP) is 2.45. The summed E-state index contributed by atoms with van der Waals surface area (Å²) < 4.78 is 0. The third kappa shape index (κ3) is 1.37. The van der Waals surface area contributed by atoms with Crippen LogP contribution in [0.3, 0.4) is 0 Å². The van der Waals surface area contributed by atoms with Gasteiger partial charge in [0, 0.05) is 12.6 Å². The van der Waals surface area contributed by atoms with Crippen LogP contribution in [-0.2, 0) is 0 Å². The molecule has 0 saturated carbocycles. The van der Waals surface area contributed by atoms with E-state index >= 15 is 0 Å². The summed E-state index contributed by atoms with van der Waals surface area (Å²) in [6.07, 6.45) is 0. The molecule has 0 aliphatic carbocycles. The Hall–Kier alpha value is -0.820. The fourth-order valence-corrected chi connectivity index (χ4v) is 1.63. The van der Waals surface area contributed by atoms with Crippen LogP contribution in [0.25, 0.3) is 0 Å². The Morgan fingerprint density at radius 2 is 2.00 bits per heavy atom. The van der Waals surface area contributed by atoms with E-state index in [1.54, 1.807) is 0 Å². The first-order valence-electron chi connectivity index (χ1n) is 4.61. The van der Waals surface area contributed by atoms with Crippen LogP contribution >= 0.6 is 0 Å². The van der Waals surface area contributed by atoms with Crippen molar-refractivity contribution in [1.82, 2.24) is 5.32 Å². The van der Waals surface area contributed by atoms with Gasteiger partial charge in [0.15, 0.2) is 0 Å². The molecule has 1 N–H and O–H groups in total. The number of hydrogen-bond acceptors (Lipinski definition) is 1. The fourth-order valence-electron chi connectivity index (χ4n) is 1.63. The number of nitrogens with one attached hydrogen (secondary N) is 1. The van der Waals surface area contributed by atoms with Crippen LogP contribution in [-0.4, -0.2) is 6.54 Å². The maximum absolute atomic E-state index is 3.35. The zero-order chi connectivity index (χ0) is 8.55. The van der Waals surface area contributed by atoms with E-state index in [0.29, 0.717) is 12.0 Å². The largest absolute Gasteiger partial charge is 0.307 e. The highest BCUT2D eigenvalue weighted by Crippen LogP contribution is 2.29. The summed E-state index contributed by atoms with van der Waals surface area (Å²) in [6.45, 7) is 5.66. The van der Waals surface area contributed by atoms with Crippen LogP contribution < -0.4 is 5.32 Å². The quantitative estimate of drug-likeness (QED) is 0.661. The Morgan fingerprint density at radius 3 is 2.58 bits per heavy atom. The van der Waals surface area contributed by atoms with Gasteiger partial charge in [-0.25, -0.2) is 0 Å². The Labute approximate surface area is 73.8 Å². The van der Waals surface area contributed by atoms with Crippen molar-refractivity contribution in [2.75, 3.05) is 6.54 Å². The van der Waals surface area contributed by atoms with E-state index in [1.807, 2.05) is 0 Å². The summed E-state index contributed by atoms with van der Waals surface area (Å²) in [4.78, 5) is 0. The molecule has 1 heterocycles. The van der Waals surface area contributed by atoms with Crippen molar-refractivity contribution < 1.29 is 0 Å². The fraction of sp³-hybridized carbons (Fsp3) is 0.455. The lowest BCUT2D eigenvalue weighted by molar-refractivity contribution is 0.839. The molecule has 0 radical (unpaired) electrons. The van der Waals surface area contributed by atoms with Crippen LogP contribution in [0, 0.1) is 0 Å². The highest BCUT2D eigenvalue weighted by atomic mass is 15.1. The van der Waals surface area contributed by atoms with E-state index in [4.69, 9.17) is 0 Å². The lowest BCUT2D eigenvalue weighted by Gasteiger charge is -2.10. The molecule has 1 aromatic rings. The van der Waals surface area contributed by atoms with E-state index in [0.717, 1.165) is 6.54 Å². The molecule has 0 amide bonds. The minimum Gasteiger partial charge on any atom is -0.307 e. The Morgan fingerprint density at radius 1 is 1.33 bits per heavy atom. The monoisotopic (exact) mass is 161 g/mol. The average Bonchev–Trinajstić information content (AvgIpc) is 2.87. The first-order valence-corrected chi connectivity index (χ1v) is 4.61. The van der Waals surface area contributed by atoms with Gasteiger partial charge in [-0.2, -0.15) is 0 Å². The molecule has 0 unspecified atom stereocenters. The van der Waals surface area contributed by atoms with Crippen LogP contribution in [0.4, 0.5) is 0 Å². The topological polar surface area (TPSA) is 21.9 Å². The predicted molar refractivity (Wildman–Crippen MR) is 51.3 cm³/mol. The highest BCUT2D eigenvalue weighted by molar-refractivity contribution is 5.34. The van der Waals surface area contributed by atoms with Crippen molar-refractivity contribution in [3.8, 4) is 0 Å². The van der Waals surface area contributed by atoms with Crippen LogP contribution in [0.15, 0.2) is 24.3 Å². The number of hydrogen-bond donors (Lipinski definition) is 1. The minimum atomic E-state index is 0.642. The highest BCUT2D eigenvalue weighted by Gasteiger charge is 2.24. The molecule has 0 spiro atoms.